The number of carboxylic acid groups (broad SMARTS) is 1. The number of sulfonamides is 1. The van der Waals surface area contributed by atoms with Gasteiger partial charge in [0.1, 0.15) is 11.5 Å². The molecule has 28 heavy (non-hydrogen) atoms. The molecule has 0 atom stereocenters. The van der Waals surface area contributed by atoms with Gasteiger partial charge in [-0.3, -0.25) is 4.79 Å². The number of nitrogens with zero attached hydrogens (tertiary/aromatic N) is 1. The Bertz CT molecular complexity index is 1140. The van der Waals surface area contributed by atoms with Crippen molar-refractivity contribution in [3.05, 3.63) is 58.3 Å². The molecular formula is C18H14Cl2N2O5S. The summed E-state index contributed by atoms with van der Waals surface area (Å²) in [6.45, 7) is 0. The Morgan fingerprint density at radius 1 is 1.07 bits per heavy atom. The van der Waals surface area contributed by atoms with Crippen LogP contribution in [0.1, 0.15) is 12.2 Å². The molecule has 3 N–H and O–H groups in total. The van der Waals surface area contributed by atoms with E-state index in [1.165, 1.54) is 12.1 Å². The Balaban J connectivity index is 2.14. The van der Waals surface area contributed by atoms with Gasteiger partial charge in [0.25, 0.3) is 0 Å². The van der Waals surface area contributed by atoms with E-state index in [1.54, 1.807) is 30.3 Å². The fraction of sp³-hybridized carbons (Fsp3) is 0.111. The Labute approximate surface area is 170 Å². The molecule has 3 rings (SSSR count). The number of halogens is 2. The summed E-state index contributed by atoms with van der Waals surface area (Å²) in [7, 11) is -3.84. The van der Waals surface area contributed by atoms with Crippen LogP contribution >= 0.6 is 23.2 Å². The molecule has 0 unspecified atom stereocenters. The van der Waals surface area contributed by atoms with Crippen LogP contribution in [0.4, 0.5) is 0 Å². The zero-order chi connectivity index (χ0) is 20.5. The van der Waals surface area contributed by atoms with E-state index in [1.807, 2.05) is 0 Å². The normalized spacial score (nSPS) is 11.5. The maximum absolute atomic E-state index is 11.5. The molecule has 1 aromatic heterocycles. The van der Waals surface area contributed by atoms with E-state index in [0.717, 1.165) is 0 Å². The number of carboxylic acids is 1. The molecule has 1 heterocycles. The highest BCUT2D eigenvalue weighted by Crippen LogP contribution is 2.37. The van der Waals surface area contributed by atoms with Crippen molar-refractivity contribution in [3.63, 3.8) is 0 Å². The van der Waals surface area contributed by atoms with Crippen LogP contribution in [0.5, 0.6) is 0 Å². The minimum atomic E-state index is -3.84. The lowest BCUT2D eigenvalue weighted by atomic mass is 9.97. The second kappa shape index (κ2) is 7.92. The summed E-state index contributed by atoms with van der Waals surface area (Å²) in [5.41, 5.74) is 2.18. The van der Waals surface area contributed by atoms with Gasteiger partial charge >= 0.3 is 5.97 Å². The number of benzene rings is 2. The first kappa shape index (κ1) is 20.3. The second-order valence-electron chi connectivity index (χ2n) is 5.92. The lowest BCUT2D eigenvalue weighted by Gasteiger charge is -2.07. The fourth-order valence-corrected chi connectivity index (χ4v) is 3.48. The van der Waals surface area contributed by atoms with Gasteiger partial charge in [-0.25, -0.2) is 13.6 Å². The monoisotopic (exact) mass is 440 g/mol. The molecule has 0 radical (unpaired) electrons. The van der Waals surface area contributed by atoms with Crippen molar-refractivity contribution in [1.82, 2.24) is 5.16 Å². The highest BCUT2D eigenvalue weighted by molar-refractivity contribution is 7.89. The van der Waals surface area contributed by atoms with Crippen LogP contribution in [-0.2, 0) is 21.2 Å². The van der Waals surface area contributed by atoms with Crippen molar-refractivity contribution >= 4 is 39.2 Å². The fourth-order valence-electron chi connectivity index (χ4n) is 2.66. The van der Waals surface area contributed by atoms with Crippen LogP contribution in [0.25, 0.3) is 22.4 Å². The van der Waals surface area contributed by atoms with Gasteiger partial charge in [-0.15, -0.1) is 0 Å². The van der Waals surface area contributed by atoms with Crippen molar-refractivity contribution in [2.75, 3.05) is 0 Å². The van der Waals surface area contributed by atoms with Crippen molar-refractivity contribution in [2.24, 2.45) is 5.14 Å². The van der Waals surface area contributed by atoms with Crippen molar-refractivity contribution < 1.29 is 22.8 Å². The molecule has 0 spiro atoms. The molecule has 0 aliphatic rings. The number of aliphatic carboxylic acids is 1. The third kappa shape index (κ3) is 4.36. The van der Waals surface area contributed by atoms with E-state index in [4.69, 9.17) is 38.0 Å². The predicted molar refractivity (Wildman–Crippen MR) is 105 cm³/mol. The smallest absolute Gasteiger partial charge is 0.303 e. The number of nitrogens with two attached hydrogens (primary N) is 1. The number of carbonyl (C=O) groups is 1. The summed E-state index contributed by atoms with van der Waals surface area (Å²) >= 11 is 12.1. The van der Waals surface area contributed by atoms with Crippen LogP contribution < -0.4 is 5.14 Å². The van der Waals surface area contributed by atoms with Gasteiger partial charge in [0, 0.05) is 12.0 Å². The molecule has 10 heteroatoms. The topological polar surface area (TPSA) is 123 Å². The Hall–Kier alpha value is -2.39. The van der Waals surface area contributed by atoms with Crippen molar-refractivity contribution in [3.8, 4) is 22.4 Å². The average molecular weight is 441 g/mol. The Morgan fingerprint density at radius 2 is 1.71 bits per heavy atom. The quantitative estimate of drug-likeness (QED) is 0.597. The molecule has 0 aliphatic heterocycles. The van der Waals surface area contributed by atoms with Crippen LogP contribution in [0.2, 0.25) is 10.0 Å². The van der Waals surface area contributed by atoms with Gasteiger partial charge in [0.05, 0.1) is 26.9 Å². The van der Waals surface area contributed by atoms with Gasteiger partial charge in [0.2, 0.25) is 10.0 Å². The molecule has 146 valence electrons. The van der Waals surface area contributed by atoms with Gasteiger partial charge in [-0.05, 0) is 29.8 Å². The minimum Gasteiger partial charge on any atom is -0.481 e. The van der Waals surface area contributed by atoms with Crippen LogP contribution in [0.15, 0.2) is 51.9 Å². The van der Waals surface area contributed by atoms with E-state index >= 15 is 0 Å². The van der Waals surface area contributed by atoms with E-state index in [2.05, 4.69) is 5.16 Å². The van der Waals surface area contributed by atoms with Crippen molar-refractivity contribution in [2.45, 2.75) is 17.7 Å². The van der Waals surface area contributed by atoms with Gasteiger partial charge < -0.3 is 9.63 Å². The largest absolute Gasteiger partial charge is 0.481 e. The van der Waals surface area contributed by atoms with Gasteiger partial charge in [-0.1, -0.05) is 46.6 Å². The molecule has 0 bridgehead atoms. The standard InChI is InChI=1S/C18H14Cl2N2O5S/c19-13-6-3-11(9-14(13)20)18-17(15(27-22-18)7-8-16(23)24)10-1-4-12(5-2-10)28(21,25)26/h1-6,9H,7-8H2,(H,23,24)(H2,21,25,26). The molecule has 0 aliphatic carbocycles. The Kier molecular flexibility index (Phi) is 5.76. The van der Waals surface area contributed by atoms with Crippen molar-refractivity contribution in [1.29, 1.82) is 0 Å². The summed E-state index contributed by atoms with van der Waals surface area (Å²) in [6.07, 6.45) is -0.0474. The average Bonchev–Trinajstić information content (AvgIpc) is 3.05. The maximum Gasteiger partial charge on any atom is 0.303 e. The molecule has 7 nitrogen and oxygen atoms in total. The lowest BCUT2D eigenvalue weighted by Crippen LogP contribution is -2.11. The molecule has 2 aromatic carbocycles. The van der Waals surface area contributed by atoms with E-state index in [9.17, 15) is 13.2 Å². The number of aryl methyl sites for hydroxylation is 1. The predicted octanol–water partition coefficient (Wildman–Crippen LogP) is 3.98. The van der Waals surface area contributed by atoms with E-state index < -0.39 is 16.0 Å². The minimum absolute atomic E-state index is 0.0455. The van der Waals surface area contributed by atoms with E-state index in [-0.39, 0.29) is 17.7 Å². The third-order valence-corrected chi connectivity index (χ3v) is 5.66. The summed E-state index contributed by atoms with van der Waals surface area (Å²) in [4.78, 5) is 10.9. The molecule has 0 saturated carbocycles. The van der Waals surface area contributed by atoms with Crippen LogP contribution in [-0.4, -0.2) is 24.7 Å². The molecular weight excluding hydrogens is 427 g/mol. The highest BCUT2D eigenvalue weighted by atomic mass is 35.5. The first-order valence-electron chi connectivity index (χ1n) is 7.96. The van der Waals surface area contributed by atoms with Gasteiger partial charge in [-0.2, -0.15) is 0 Å². The highest BCUT2D eigenvalue weighted by Gasteiger charge is 2.21. The third-order valence-electron chi connectivity index (χ3n) is 3.99. The summed E-state index contributed by atoms with van der Waals surface area (Å²) in [5.74, 6) is -0.630. The van der Waals surface area contributed by atoms with E-state index in [0.29, 0.717) is 38.2 Å². The molecule has 3 aromatic rings. The zero-order valence-corrected chi connectivity index (χ0v) is 16.6. The van der Waals surface area contributed by atoms with Crippen LogP contribution in [0.3, 0.4) is 0 Å². The number of primary sulfonamides is 1. The Morgan fingerprint density at radius 3 is 2.29 bits per heavy atom. The maximum atomic E-state index is 11.5. The SMILES string of the molecule is NS(=O)(=O)c1ccc(-c2c(-c3ccc(Cl)c(Cl)c3)noc2CCC(=O)O)cc1. The number of hydrogen-bond acceptors (Lipinski definition) is 5. The number of aromatic nitrogens is 1. The lowest BCUT2D eigenvalue weighted by molar-refractivity contribution is -0.137. The first-order chi connectivity index (χ1) is 13.2. The first-order valence-corrected chi connectivity index (χ1v) is 10.3. The molecule has 0 fully saturated rings. The number of rotatable bonds is 6. The van der Waals surface area contributed by atoms with Crippen LogP contribution in [0, 0.1) is 0 Å². The molecule has 0 amide bonds. The summed E-state index contributed by atoms with van der Waals surface area (Å²) in [5, 5.41) is 18.9. The number of hydrogen-bond donors (Lipinski definition) is 2. The summed E-state index contributed by atoms with van der Waals surface area (Å²) in [6, 6.07) is 10.8. The summed E-state index contributed by atoms with van der Waals surface area (Å²) < 4.78 is 28.4. The molecule has 0 saturated heterocycles. The van der Waals surface area contributed by atoms with Gasteiger partial charge in [0.15, 0.2) is 0 Å². The zero-order valence-electron chi connectivity index (χ0n) is 14.2. The second-order valence-corrected chi connectivity index (χ2v) is 8.30.